The third-order valence-corrected chi connectivity index (χ3v) is 7.29. The van der Waals surface area contributed by atoms with Gasteiger partial charge in [0.25, 0.3) is 0 Å². The molecule has 5 aliphatic rings. The average molecular weight is 329 g/mol. The van der Waals surface area contributed by atoms with E-state index in [1.165, 1.54) is 19.3 Å². The number of carbonyl (C=O) groups is 1. The van der Waals surface area contributed by atoms with E-state index in [-0.39, 0.29) is 11.3 Å². The Kier molecular flexibility index (Phi) is 3.14. The molecule has 24 heavy (non-hydrogen) atoms. The molecule has 4 bridgehead atoms. The molecule has 6 rings (SSSR count). The van der Waals surface area contributed by atoms with Gasteiger partial charge >= 0.3 is 0 Å². The van der Waals surface area contributed by atoms with Crippen molar-refractivity contribution in [2.45, 2.75) is 76.7 Å². The molecule has 0 spiro atoms. The minimum atomic E-state index is -0.391. The van der Waals surface area contributed by atoms with Crippen LogP contribution in [0.1, 0.15) is 75.9 Å². The normalized spacial score (nSPS) is 39.3. The van der Waals surface area contributed by atoms with Gasteiger partial charge in [-0.25, -0.2) is 0 Å². The summed E-state index contributed by atoms with van der Waals surface area (Å²) < 4.78 is 5.22. The first kappa shape index (κ1) is 14.9. The zero-order chi connectivity index (χ0) is 16.4. The van der Waals surface area contributed by atoms with Gasteiger partial charge in [0.1, 0.15) is 5.54 Å². The Labute approximate surface area is 143 Å². The van der Waals surface area contributed by atoms with E-state index in [0.717, 1.165) is 62.7 Å². The lowest BCUT2D eigenvalue weighted by atomic mass is 9.49. The molecular weight excluding hydrogens is 302 g/mol. The molecule has 0 saturated heterocycles. The van der Waals surface area contributed by atoms with Crippen LogP contribution < -0.4 is 5.32 Å². The van der Waals surface area contributed by atoms with E-state index in [0.29, 0.717) is 11.7 Å². The molecular formula is C19H27N3O2. The van der Waals surface area contributed by atoms with Crippen LogP contribution in [-0.4, -0.2) is 16.0 Å². The van der Waals surface area contributed by atoms with Crippen molar-refractivity contribution in [1.29, 1.82) is 0 Å². The molecule has 1 heterocycles. The lowest BCUT2D eigenvalue weighted by molar-refractivity contribution is -0.148. The van der Waals surface area contributed by atoms with Crippen molar-refractivity contribution in [3.8, 4) is 0 Å². The fourth-order valence-corrected chi connectivity index (χ4v) is 6.62. The SMILES string of the molecule is Cc1nc(C2(NC(=O)C34CC5CC(CC(C5)C3)C4)CCCC2)no1. The Hall–Kier alpha value is -1.39. The van der Waals surface area contributed by atoms with Crippen LogP contribution in [0.4, 0.5) is 0 Å². The van der Waals surface area contributed by atoms with Crippen LogP contribution in [0.25, 0.3) is 0 Å². The lowest BCUT2D eigenvalue weighted by Crippen LogP contribution is -2.57. The first-order chi connectivity index (χ1) is 11.6. The highest BCUT2D eigenvalue weighted by Gasteiger charge is 2.56. The Morgan fingerprint density at radius 3 is 2.17 bits per heavy atom. The standard InChI is InChI=1S/C19H27N3O2/c1-12-20-16(22-24-12)19(4-2-3-5-19)21-17(23)18-9-13-6-14(10-18)8-15(7-13)11-18/h13-15H,2-11H2,1H3,(H,21,23). The van der Waals surface area contributed by atoms with Crippen LogP contribution in [0.3, 0.4) is 0 Å². The summed E-state index contributed by atoms with van der Waals surface area (Å²) in [5.74, 6) is 3.92. The van der Waals surface area contributed by atoms with E-state index in [1.54, 1.807) is 0 Å². The first-order valence-corrected chi connectivity index (χ1v) is 9.70. The summed E-state index contributed by atoms with van der Waals surface area (Å²) in [6, 6.07) is 0. The number of aromatic nitrogens is 2. The summed E-state index contributed by atoms with van der Waals surface area (Å²) in [6.07, 6.45) is 11.5. The molecule has 0 aliphatic heterocycles. The molecule has 5 aliphatic carbocycles. The molecule has 1 N–H and O–H groups in total. The van der Waals surface area contributed by atoms with Gasteiger partial charge in [-0.15, -0.1) is 0 Å². The molecule has 0 atom stereocenters. The molecule has 0 unspecified atom stereocenters. The second kappa shape index (κ2) is 5.06. The summed E-state index contributed by atoms with van der Waals surface area (Å²) in [5.41, 5.74) is -0.499. The monoisotopic (exact) mass is 329 g/mol. The van der Waals surface area contributed by atoms with Crippen molar-refractivity contribution in [3.63, 3.8) is 0 Å². The molecule has 0 radical (unpaired) electrons. The smallest absolute Gasteiger partial charge is 0.227 e. The van der Waals surface area contributed by atoms with E-state index in [2.05, 4.69) is 15.5 Å². The molecule has 5 nitrogen and oxygen atoms in total. The number of carbonyl (C=O) groups excluding carboxylic acids is 1. The number of rotatable bonds is 3. The fourth-order valence-electron chi connectivity index (χ4n) is 6.62. The van der Waals surface area contributed by atoms with Crippen molar-refractivity contribution >= 4 is 5.91 Å². The number of nitrogens with one attached hydrogen (secondary N) is 1. The number of aryl methyl sites for hydroxylation is 1. The molecule has 5 saturated carbocycles. The molecule has 5 heteroatoms. The predicted octanol–water partition coefficient (Wildman–Crippen LogP) is 3.48. The Bertz CT molecular complexity index is 624. The van der Waals surface area contributed by atoms with Crippen molar-refractivity contribution in [2.75, 3.05) is 0 Å². The van der Waals surface area contributed by atoms with Crippen LogP contribution in [0.5, 0.6) is 0 Å². The van der Waals surface area contributed by atoms with E-state index in [9.17, 15) is 4.79 Å². The Morgan fingerprint density at radius 2 is 1.67 bits per heavy atom. The largest absolute Gasteiger partial charge is 0.343 e. The second-order valence-corrected chi connectivity index (χ2v) is 9.08. The summed E-state index contributed by atoms with van der Waals surface area (Å²) in [5, 5.41) is 7.62. The highest BCUT2D eigenvalue weighted by molar-refractivity contribution is 5.84. The molecule has 1 aromatic rings. The van der Waals surface area contributed by atoms with Crippen LogP contribution in [0.2, 0.25) is 0 Å². The summed E-state index contributed by atoms with van der Waals surface area (Å²) in [7, 11) is 0. The summed E-state index contributed by atoms with van der Waals surface area (Å²) >= 11 is 0. The van der Waals surface area contributed by atoms with E-state index < -0.39 is 5.54 Å². The molecule has 130 valence electrons. The van der Waals surface area contributed by atoms with E-state index in [4.69, 9.17) is 4.52 Å². The number of hydrogen-bond acceptors (Lipinski definition) is 4. The highest BCUT2D eigenvalue weighted by Crippen LogP contribution is 2.60. The number of amides is 1. The van der Waals surface area contributed by atoms with Gasteiger partial charge in [-0.05, 0) is 69.1 Å². The van der Waals surface area contributed by atoms with Crippen molar-refractivity contribution in [3.05, 3.63) is 11.7 Å². The highest BCUT2D eigenvalue weighted by atomic mass is 16.5. The van der Waals surface area contributed by atoms with Gasteiger partial charge in [0.05, 0.1) is 0 Å². The molecule has 1 aromatic heterocycles. The van der Waals surface area contributed by atoms with Gasteiger partial charge in [-0.1, -0.05) is 18.0 Å². The molecule has 5 fully saturated rings. The minimum absolute atomic E-state index is 0.108. The van der Waals surface area contributed by atoms with Crippen molar-refractivity contribution < 1.29 is 9.32 Å². The fraction of sp³-hybridized carbons (Fsp3) is 0.842. The third-order valence-electron chi connectivity index (χ3n) is 7.29. The van der Waals surface area contributed by atoms with Gasteiger partial charge in [0, 0.05) is 12.3 Å². The lowest BCUT2D eigenvalue weighted by Gasteiger charge is -2.56. The van der Waals surface area contributed by atoms with Crippen molar-refractivity contribution in [2.24, 2.45) is 23.2 Å². The van der Waals surface area contributed by atoms with Crippen molar-refractivity contribution in [1.82, 2.24) is 15.5 Å². The second-order valence-electron chi connectivity index (χ2n) is 9.08. The topological polar surface area (TPSA) is 68.0 Å². The Balaban J connectivity index is 1.43. The maximum Gasteiger partial charge on any atom is 0.227 e. The van der Waals surface area contributed by atoms with E-state index in [1.807, 2.05) is 6.92 Å². The number of nitrogens with zero attached hydrogens (tertiary/aromatic N) is 2. The van der Waals surface area contributed by atoms with E-state index >= 15 is 0 Å². The van der Waals surface area contributed by atoms with Crippen LogP contribution in [0.15, 0.2) is 4.52 Å². The minimum Gasteiger partial charge on any atom is -0.343 e. The van der Waals surface area contributed by atoms with Gasteiger partial charge in [-0.3, -0.25) is 4.79 Å². The zero-order valence-corrected chi connectivity index (χ0v) is 14.5. The maximum absolute atomic E-state index is 13.4. The quantitative estimate of drug-likeness (QED) is 0.922. The summed E-state index contributed by atoms with van der Waals surface area (Å²) in [4.78, 5) is 17.9. The van der Waals surface area contributed by atoms with Gasteiger partial charge < -0.3 is 9.84 Å². The molecule has 1 amide bonds. The number of hydrogen-bond donors (Lipinski definition) is 1. The van der Waals surface area contributed by atoms with Crippen LogP contribution >= 0.6 is 0 Å². The van der Waals surface area contributed by atoms with Gasteiger partial charge in [-0.2, -0.15) is 4.98 Å². The van der Waals surface area contributed by atoms with Crippen LogP contribution in [0, 0.1) is 30.1 Å². The van der Waals surface area contributed by atoms with Crippen LogP contribution in [-0.2, 0) is 10.3 Å². The predicted molar refractivity (Wildman–Crippen MR) is 87.9 cm³/mol. The van der Waals surface area contributed by atoms with Gasteiger partial charge in [0.2, 0.25) is 11.8 Å². The summed E-state index contributed by atoms with van der Waals surface area (Å²) in [6.45, 7) is 1.82. The van der Waals surface area contributed by atoms with Gasteiger partial charge in [0.15, 0.2) is 5.82 Å². The first-order valence-electron chi connectivity index (χ1n) is 9.70. The molecule has 0 aromatic carbocycles. The third kappa shape index (κ3) is 2.16. The maximum atomic E-state index is 13.4. The zero-order valence-electron chi connectivity index (χ0n) is 14.5. The Morgan fingerprint density at radius 1 is 1.08 bits per heavy atom. The average Bonchev–Trinajstić information content (AvgIpc) is 3.16.